The first-order valence-corrected chi connectivity index (χ1v) is 8.47. The van der Waals surface area contributed by atoms with Crippen molar-refractivity contribution in [2.45, 2.75) is 18.9 Å². The smallest absolute Gasteiger partial charge is 0.163 e. The number of hydrogen-bond acceptors (Lipinski definition) is 4. The first kappa shape index (κ1) is 14.5. The summed E-state index contributed by atoms with van der Waals surface area (Å²) in [4.78, 5) is 16.4. The van der Waals surface area contributed by atoms with Crippen molar-refractivity contribution in [1.82, 2.24) is 29.8 Å². The van der Waals surface area contributed by atoms with Crippen molar-refractivity contribution in [3.05, 3.63) is 42.7 Å². The Morgan fingerprint density at radius 2 is 2.20 bits per heavy atom. The molecule has 0 aromatic carbocycles. The summed E-state index contributed by atoms with van der Waals surface area (Å²) < 4.78 is 15.8. The van der Waals surface area contributed by atoms with Crippen LogP contribution in [0.3, 0.4) is 0 Å². The highest BCUT2D eigenvalue weighted by molar-refractivity contribution is 5.92. The Kier molecular flexibility index (Phi) is 3.27. The topological polar surface area (TPSA) is 71.4 Å². The van der Waals surface area contributed by atoms with Crippen LogP contribution in [0.15, 0.2) is 36.9 Å². The maximum absolute atomic E-state index is 13.6. The van der Waals surface area contributed by atoms with Crippen LogP contribution >= 0.6 is 0 Å². The lowest BCUT2D eigenvalue weighted by molar-refractivity contribution is 0.378. The van der Waals surface area contributed by atoms with Crippen molar-refractivity contribution in [2.75, 3.05) is 13.1 Å². The largest absolute Gasteiger partial charge is 0.345 e. The fourth-order valence-electron chi connectivity index (χ4n) is 3.60. The predicted octanol–water partition coefficient (Wildman–Crippen LogP) is 3.04. The van der Waals surface area contributed by atoms with Gasteiger partial charge < -0.3 is 14.9 Å². The van der Waals surface area contributed by atoms with Gasteiger partial charge in [-0.25, -0.2) is 19.3 Å². The highest BCUT2D eigenvalue weighted by Crippen LogP contribution is 2.28. The Balaban J connectivity index is 1.65. The second kappa shape index (κ2) is 5.63. The molecule has 4 aromatic rings. The first-order chi connectivity index (χ1) is 12.3. The van der Waals surface area contributed by atoms with Gasteiger partial charge in [-0.1, -0.05) is 0 Å². The maximum Gasteiger partial charge on any atom is 0.163 e. The van der Waals surface area contributed by atoms with Crippen LogP contribution in [0.1, 0.15) is 18.9 Å². The summed E-state index contributed by atoms with van der Waals surface area (Å²) in [5.41, 5.74) is 2.31. The predicted molar refractivity (Wildman–Crippen MR) is 93.7 cm³/mol. The fourth-order valence-corrected chi connectivity index (χ4v) is 3.60. The van der Waals surface area contributed by atoms with E-state index in [1.54, 1.807) is 6.20 Å². The van der Waals surface area contributed by atoms with Crippen molar-refractivity contribution in [1.29, 1.82) is 0 Å². The second-order valence-corrected chi connectivity index (χ2v) is 6.45. The summed E-state index contributed by atoms with van der Waals surface area (Å²) in [6, 6.07) is 3.91. The van der Waals surface area contributed by atoms with Gasteiger partial charge in [0.2, 0.25) is 0 Å². The molecule has 0 saturated carbocycles. The van der Waals surface area contributed by atoms with Crippen LogP contribution in [0.4, 0.5) is 4.39 Å². The third-order valence-electron chi connectivity index (χ3n) is 4.86. The van der Waals surface area contributed by atoms with Crippen LogP contribution < -0.4 is 5.32 Å². The molecule has 7 heteroatoms. The van der Waals surface area contributed by atoms with Gasteiger partial charge in [-0.2, -0.15) is 0 Å². The highest BCUT2D eigenvalue weighted by atomic mass is 19.1. The van der Waals surface area contributed by atoms with E-state index in [0.717, 1.165) is 42.5 Å². The Hall–Kier alpha value is -2.80. The number of H-pyrrole nitrogens is 1. The van der Waals surface area contributed by atoms with E-state index in [1.165, 1.54) is 12.3 Å². The molecule has 1 saturated heterocycles. The molecule has 5 heterocycles. The van der Waals surface area contributed by atoms with Gasteiger partial charge in [0.25, 0.3) is 0 Å². The molecule has 0 unspecified atom stereocenters. The molecule has 0 radical (unpaired) electrons. The molecule has 4 aromatic heterocycles. The number of piperidine rings is 1. The van der Waals surface area contributed by atoms with Crippen molar-refractivity contribution in [3.8, 4) is 11.4 Å². The Morgan fingerprint density at radius 3 is 3.08 bits per heavy atom. The molecule has 25 heavy (non-hydrogen) atoms. The minimum absolute atomic E-state index is 0.369. The summed E-state index contributed by atoms with van der Waals surface area (Å²) in [5, 5.41) is 5.15. The molecule has 0 aliphatic carbocycles. The Bertz CT molecular complexity index is 1060. The van der Waals surface area contributed by atoms with E-state index in [2.05, 4.69) is 31.0 Å². The van der Waals surface area contributed by atoms with Crippen LogP contribution in [-0.2, 0) is 0 Å². The van der Waals surface area contributed by atoms with Gasteiger partial charge in [0.05, 0.1) is 6.20 Å². The molecule has 0 bridgehead atoms. The molecular weight excluding hydrogens is 319 g/mol. The monoisotopic (exact) mass is 336 g/mol. The van der Waals surface area contributed by atoms with E-state index in [9.17, 15) is 4.39 Å². The maximum atomic E-state index is 13.6. The van der Waals surface area contributed by atoms with Crippen molar-refractivity contribution < 1.29 is 4.39 Å². The average molecular weight is 336 g/mol. The van der Waals surface area contributed by atoms with Crippen LogP contribution in [0.5, 0.6) is 0 Å². The number of hydrogen-bond donors (Lipinski definition) is 2. The van der Waals surface area contributed by atoms with Gasteiger partial charge >= 0.3 is 0 Å². The third kappa shape index (κ3) is 2.39. The van der Waals surface area contributed by atoms with Gasteiger partial charge in [0.15, 0.2) is 5.82 Å². The zero-order valence-corrected chi connectivity index (χ0v) is 13.5. The van der Waals surface area contributed by atoms with Gasteiger partial charge in [-0.05, 0) is 31.5 Å². The summed E-state index contributed by atoms with van der Waals surface area (Å²) in [6.07, 6.45) is 9.20. The van der Waals surface area contributed by atoms with E-state index in [0.29, 0.717) is 22.9 Å². The van der Waals surface area contributed by atoms with Gasteiger partial charge in [-0.15, -0.1) is 0 Å². The number of aromatic nitrogens is 5. The zero-order chi connectivity index (χ0) is 16.8. The molecule has 1 aliphatic rings. The van der Waals surface area contributed by atoms with Crippen LogP contribution in [0.25, 0.3) is 33.5 Å². The number of fused-ring (bicyclic) bond motifs is 2. The van der Waals surface area contributed by atoms with Gasteiger partial charge in [0.1, 0.15) is 17.1 Å². The van der Waals surface area contributed by atoms with Gasteiger partial charge in [0, 0.05) is 47.5 Å². The normalized spacial score (nSPS) is 18.2. The number of nitrogens with one attached hydrogen (secondary N) is 2. The second-order valence-electron chi connectivity index (χ2n) is 6.45. The standard InChI is InChI=1S/C18H17FN6/c19-12-6-14-15(10-23-16(14)22-8-12)17-21-7-11-3-5-25(18(11)24-17)13-2-1-4-20-9-13/h3,5-8,10,13,20H,1-2,4,9H2,(H,22,23)/t13-/m0/s1. The minimum Gasteiger partial charge on any atom is -0.345 e. The molecule has 1 fully saturated rings. The Labute approximate surface area is 143 Å². The van der Waals surface area contributed by atoms with Crippen molar-refractivity contribution in [3.63, 3.8) is 0 Å². The average Bonchev–Trinajstić information content (AvgIpc) is 3.25. The minimum atomic E-state index is -0.369. The lowest BCUT2D eigenvalue weighted by Crippen LogP contribution is -2.31. The SMILES string of the molecule is Fc1cnc2[nH]cc(-c3ncc4ccn([C@H]5CCCNC5)c4n3)c2c1. The first-order valence-electron chi connectivity index (χ1n) is 8.47. The number of halogens is 1. The Morgan fingerprint density at radius 1 is 1.24 bits per heavy atom. The fraction of sp³-hybridized carbons (Fsp3) is 0.278. The van der Waals surface area contributed by atoms with Crippen LogP contribution in [0, 0.1) is 5.82 Å². The molecule has 0 amide bonds. The summed E-state index contributed by atoms with van der Waals surface area (Å²) in [6.45, 7) is 2.02. The van der Waals surface area contributed by atoms with E-state index < -0.39 is 0 Å². The lowest BCUT2D eigenvalue weighted by Gasteiger charge is -2.24. The van der Waals surface area contributed by atoms with Crippen molar-refractivity contribution >= 4 is 22.1 Å². The third-order valence-corrected chi connectivity index (χ3v) is 4.86. The quantitative estimate of drug-likeness (QED) is 0.590. The van der Waals surface area contributed by atoms with Crippen LogP contribution in [0.2, 0.25) is 0 Å². The van der Waals surface area contributed by atoms with Crippen LogP contribution in [-0.4, -0.2) is 37.6 Å². The van der Waals surface area contributed by atoms with E-state index in [1.807, 2.05) is 12.3 Å². The zero-order valence-electron chi connectivity index (χ0n) is 13.5. The molecule has 5 rings (SSSR count). The molecule has 6 nitrogen and oxygen atoms in total. The van der Waals surface area contributed by atoms with E-state index in [4.69, 9.17) is 4.98 Å². The lowest BCUT2D eigenvalue weighted by atomic mass is 10.1. The van der Waals surface area contributed by atoms with E-state index in [-0.39, 0.29) is 5.82 Å². The molecular formula is C18H17FN6. The summed E-state index contributed by atoms with van der Waals surface area (Å²) in [5.74, 6) is 0.209. The number of aromatic amines is 1. The molecule has 126 valence electrons. The molecule has 1 atom stereocenters. The summed E-state index contributed by atoms with van der Waals surface area (Å²) >= 11 is 0. The molecule has 1 aliphatic heterocycles. The molecule has 0 spiro atoms. The number of nitrogens with zero attached hydrogens (tertiary/aromatic N) is 4. The summed E-state index contributed by atoms with van der Waals surface area (Å²) in [7, 11) is 0. The van der Waals surface area contributed by atoms with Gasteiger partial charge in [-0.3, -0.25) is 0 Å². The highest BCUT2D eigenvalue weighted by Gasteiger charge is 2.18. The number of rotatable bonds is 2. The van der Waals surface area contributed by atoms with E-state index >= 15 is 0 Å². The number of pyridine rings is 1. The molecule has 2 N–H and O–H groups in total. The van der Waals surface area contributed by atoms with Crippen molar-refractivity contribution in [2.24, 2.45) is 0 Å².